The van der Waals surface area contributed by atoms with Crippen molar-refractivity contribution in [3.8, 4) is 11.6 Å². The summed E-state index contributed by atoms with van der Waals surface area (Å²) < 4.78 is 45.6. The molecular formula is C42H66N6O9S. The molecule has 3 fully saturated rings. The van der Waals surface area contributed by atoms with Crippen LogP contribution in [-0.2, 0) is 29.1 Å². The van der Waals surface area contributed by atoms with Crippen LogP contribution in [0.3, 0.4) is 0 Å². The van der Waals surface area contributed by atoms with E-state index in [-0.39, 0.29) is 41.4 Å². The fourth-order valence-electron chi connectivity index (χ4n) is 8.12. The normalized spacial score (nSPS) is 29.1. The predicted octanol–water partition coefficient (Wildman–Crippen LogP) is 5.56. The number of nitrogens with zero attached hydrogens (tertiary/aromatic N) is 3. The minimum absolute atomic E-state index is 0. The van der Waals surface area contributed by atoms with Crippen molar-refractivity contribution in [1.82, 2.24) is 25.2 Å². The molecule has 4 amide bonds. The molecule has 4 aliphatic rings. The molecule has 16 heteroatoms. The number of anilines is 1. The predicted molar refractivity (Wildman–Crippen MR) is 226 cm³/mol. The summed E-state index contributed by atoms with van der Waals surface area (Å²) in [6.45, 7) is 10.9. The highest BCUT2D eigenvalue weighted by atomic mass is 32.2. The SMILES string of the molecule is CC[C@@H]1C[C@H](C)CC/C=C\[C@@H]2C[C@@]2(C(=O)NS(=O)(=O)C2(C)CC2)NC(=O)[C@@H]2C[C@@H](Oc3ncc(OC)c4cc(N(C)C)ccc34)CN2C(=O)[C@H]1NC(=O)OC(C)(C)C.[HH].[HH].[HH]. The quantitative estimate of drug-likeness (QED) is 0.269. The molecule has 324 valence electrons. The number of carbonyl (C=O) groups is 4. The number of pyridine rings is 1. The molecule has 2 aliphatic heterocycles. The van der Waals surface area contributed by atoms with E-state index in [4.69, 9.17) is 14.2 Å². The Morgan fingerprint density at radius 2 is 1.86 bits per heavy atom. The zero-order valence-corrected chi connectivity index (χ0v) is 36.0. The number of nitrogens with one attached hydrogen (secondary N) is 3. The van der Waals surface area contributed by atoms with Crippen molar-refractivity contribution in [2.24, 2.45) is 17.8 Å². The zero-order chi connectivity index (χ0) is 42.4. The second kappa shape index (κ2) is 16.2. The van der Waals surface area contributed by atoms with Gasteiger partial charge in [0.25, 0.3) is 5.91 Å². The van der Waals surface area contributed by atoms with Crippen LogP contribution in [0.15, 0.2) is 36.5 Å². The molecule has 0 radical (unpaired) electrons. The van der Waals surface area contributed by atoms with Crippen molar-refractivity contribution in [3.05, 3.63) is 36.5 Å². The van der Waals surface area contributed by atoms with Gasteiger partial charge in [-0.3, -0.25) is 19.1 Å². The van der Waals surface area contributed by atoms with Gasteiger partial charge in [-0.25, -0.2) is 18.2 Å². The number of rotatable bonds is 9. The Balaban J connectivity index is 0.00000331. The highest BCUT2D eigenvalue weighted by Crippen LogP contribution is 2.48. The zero-order valence-electron chi connectivity index (χ0n) is 35.2. The van der Waals surface area contributed by atoms with Gasteiger partial charge in [-0.05, 0) is 96.3 Å². The van der Waals surface area contributed by atoms with Crippen molar-refractivity contribution in [2.45, 2.75) is 127 Å². The molecule has 2 saturated carbocycles. The maximum atomic E-state index is 15.0. The third-order valence-electron chi connectivity index (χ3n) is 12.1. The molecule has 1 aromatic carbocycles. The Hall–Kier alpha value is -4.60. The molecule has 1 aromatic heterocycles. The van der Waals surface area contributed by atoms with Crippen molar-refractivity contribution in [1.29, 1.82) is 0 Å². The topological polar surface area (TPSA) is 186 Å². The van der Waals surface area contributed by atoms with E-state index in [0.717, 1.165) is 17.5 Å². The van der Waals surface area contributed by atoms with E-state index in [0.29, 0.717) is 43.2 Å². The van der Waals surface area contributed by atoms with Crippen molar-refractivity contribution >= 4 is 50.3 Å². The third kappa shape index (κ3) is 9.01. The maximum absolute atomic E-state index is 15.0. The lowest BCUT2D eigenvalue weighted by molar-refractivity contribution is -0.142. The Morgan fingerprint density at radius 1 is 1.14 bits per heavy atom. The first-order valence-electron chi connectivity index (χ1n) is 20.4. The lowest BCUT2D eigenvalue weighted by atomic mass is 9.85. The average Bonchev–Trinajstić information content (AvgIpc) is 4.03. The Morgan fingerprint density at radius 3 is 2.50 bits per heavy atom. The minimum atomic E-state index is -4.01. The van der Waals surface area contributed by atoms with Crippen molar-refractivity contribution < 1.29 is 46.1 Å². The number of carbonyl (C=O) groups excluding carboxylic acids is 4. The van der Waals surface area contributed by atoms with Gasteiger partial charge in [0.05, 0.1) is 24.6 Å². The van der Waals surface area contributed by atoms with E-state index < -0.39 is 73.8 Å². The van der Waals surface area contributed by atoms with Crippen LogP contribution in [0.25, 0.3) is 10.8 Å². The molecule has 7 atom stereocenters. The van der Waals surface area contributed by atoms with Gasteiger partial charge in [0.15, 0.2) is 0 Å². The molecule has 1 saturated heterocycles. The van der Waals surface area contributed by atoms with Gasteiger partial charge >= 0.3 is 6.09 Å². The van der Waals surface area contributed by atoms with Crippen LogP contribution in [-0.4, -0.2) is 104 Å². The molecule has 2 aliphatic carbocycles. The highest BCUT2D eigenvalue weighted by molar-refractivity contribution is 7.91. The van der Waals surface area contributed by atoms with Crippen LogP contribution in [0.2, 0.25) is 0 Å². The van der Waals surface area contributed by atoms with Gasteiger partial charge in [0.2, 0.25) is 27.7 Å². The summed E-state index contributed by atoms with van der Waals surface area (Å²) in [4.78, 5) is 65.0. The molecule has 0 bridgehead atoms. The largest absolute Gasteiger partial charge is 0.494 e. The smallest absolute Gasteiger partial charge is 0.408 e. The van der Waals surface area contributed by atoms with Gasteiger partial charge in [0, 0.05) is 47.2 Å². The summed E-state index contributed by atoms with van der Waals surface area (Å²) in [5.41, 5.74) is -1.43. The first kappa shape index (κ1) is 43.0. The van der Waals surface area contributed by atoms with Gasteiger partial charge < -0.3 is 34.6 Å². The van der Waals surface area contributed by atoms with E-state index in [1.54, 1.807) is 41.0 Å². The Labute approximate surface area is 346 Å². The molecule has 15 nitrogen and oxygen atoms in total. The lowest BCUT2D eigenvalue weighted by Crippen LogP contribution is -2.59. The lowest BCUT2D eigenvalue weighted by Gasteiger charge is -2.34. The Bertz CT molecular complexity index is 2080. The maximum Gasteiger partial charge on any atom is 0.408 e. The Kier molecular flexibility index (Phi) is 12.0. The van der Waals surface area contributed by atoms with Gasteiger partial charge in [0.1, 0.15) is 35.1 Å². The number of methoxy groups -OCH3 is 1. The van der Waals surface area contributed by atoms with Crippen LogP contribution in [0.1, 0.15) is 97.2 Å². The number of fused-ring (bicyclic) bond motifs is 3. The molecule has 0 spiro atoms. The number of allylic oxidation sites excluding steroid dienone is 1. The first-order valence-corrected chi connectivity index (χ1v) is 21.9. The summed E-state index contributed by atoms with van der Waals surface area (Å²) in [7, 11) is 1.42. The summed E-state index contributed by atoms with van der Waals surface area (Å²) >= 11 is 0. The monoisotopic (exact) mass is 830 g/mol. The molecule has 6 rings (SSSR count). The second-order valence-electron chi connectivity index (χ2n) is 18.0. The number of hydrogen-bond donors (Lipinski definition) is 3. The van der Waals surface area contributed by atoms with Gasteiger partial charge in [-0.2, -0.15) is 0 Å². The van der Waals surface area contributed by atoms with E-state index in [9.17, 15) is 22.8 Å². The van der Waals surface area contributed by atoms with Crippen LogP contribution >= 0.6 is 0 Å². The minimum Gasteiger partial charge on any atom is -0.494 e. The number of amides is 4. The highest BCUT2D eigenvalue weighted by Gasteiger charge is 2.63. The molecular weight excluding hydrogens is 765 g/mol. The van der Waals surface area contributed by atoms with Crippen LogP contribution in [0.4, 0.5) is 10.5 Å². The molecule has 3 N–H and O–H groups in total. The second-order valence-corrected chi connectivity index (χ2v) is 20.2. The van der Waals surface area contributed by atoms with Crippen LogP contribution in [0.5, 0.6) is 11.6 Å². The summed E-state index contributed by atoms with van der Waals surface area (Å²) in [6, 6.07) is 3.59. The van der Waals surface area contributed by atoms with E-state index >= 15 is 4.79 Å². The van der Waals surface area contributed by atoms with E-state index in [1.807, 2.05) is 56.3 Å². The number of hydrogen-bond acceptors (Lipinski definition) is 11. The van der Waals surface area contributed by atoms with E-state index in [2.05, 4.69) is 27.3 Å². The van der Waals surface area contributed by atoms with Crippen molar-refractivity contribution in [2.75, 3.05) is 32.6 Å². The first-order chi connectivity index (χ1) is 27.2. The third-order valence-corrected chi connectivity index (χ3v) is 14.3. The van der Waals surface area contributed by atoms with Gasteiger partial charge in [-0.1, -0.05) is 32.4 Å². The summed E-state index contributed by atoms with van der Waals surface area (Å²) in [5, 5.41) is 7.23. The van der Waals surface area contributed by atoms with Crippen LogP contribution < -0.4 is 29.7 Å². The standard InChI is InChI=1S/C42H60N6O9S.3H2/c1-10-26-19-25(2)13-11-12-14-27-22-42(27,38(51)46-58(53,54)41(6)17-18-41)45-35(49)32-21-29(24-48(32)37(50)34(26)44-39(52)57-40(3,4)5)56-36-30-16-15-28(47(7)8)20-31(30)33(55-9)23-43-36;;;/h12,14-16,20,23,25-27,29,32,34H,10-11,13,17-19,21-22,24H2,1-9H3,(H,44,52)(H,45,49)(H,46,51);3*1H/b14-12-;;;/t25-,26-,27-,29-,32+,34+,42-;;;/m1.../s1. The molecule has 3 heterocycles. The number of alkyl carbamates (subject to hydrolysis) is 1. The number of aromatic nitrogens is 1. The summed E-state index contributed by atoms with van der Waals surface area (Å²) in [6.07, 6.45) is 7.66. The fourth-order valence-corrected chi connectivity index (χ4v) is 9.43. The number of ether oxygens (including phenoxy) is 3. The van der Waals surface area contributed by atoms with E-state index in [1.165, 1.54) is 4.90 Å². The molecule has 2 aromatic rings. The average molecular weight is 831 g/mol. The molecule has 0 unspecified atom stereocenters. The molecule has 58 heavy (non-hydrogen) atoms. The summed E-state index contributed by atoms with van der Waals surface area (Å²) in [5.74, 6) is -1.68. The van der Waals surface area contributed by atoms with Crippen LogP contribution in [0, 0.1) is 17.8 Å². The number of benzene rings is 1. The van der Waals surface area contributed by atoms with Gasteiger partial charge in [-0.15, -0.1) is 0 Å². The van der Waals surface area contributed by atoms with Crippen molar-refractivity contribution in [3.63, 3.8) is 0 Å². The fraction of sp³-hybridized carbons (Fsp3) is 0.643. The number of sulfonamides is 1.